The molecule has 0 saturated heterocycles. The first-order valence-electron chi connectivity index (χ1n) is 7.18. The van der Waals surface area contributed by atoms with Crippen LogP contribution >= 0.6 is 0 Å². The Hall–Kier alpha value is -2.49. The summed E-state index contributed by atoms with van der Waals surface area (Å²) in [5.41, 5.74) is 2.29. The summed E-state index contributed by atoms with van der Waals surface area (Å²) in [7, 11) is 0. The van der Waals surface area contributed by atoms with E-state index in [1.807, 2.05) is 18.2 Å². The van der Waals surface area contributed by atoms with E-state index in [2.05, 4.69) is 39.4 Å². The molecule has 2 aromatic heterocycles. The molecule has 4 nitrogen and oxygen atoms in total. The third kappa shape index (κ3) is 3.75. The largest absolute Gasteiger partial charge is 0.421 e. The molecule has 0 aliphatic rings. The molecule has 0 aliphatic carbocycles. The SMILES string of the molecule is c1ccc(CCCCc2nnc(-c3ccncc3)o2)cc1. The molecule has 3 aromatic rings. The predicted molar refractivity (Wildman–Crippen MR) is 80.6 cm³/mol. The summed E-state index contributed by atoms with van der Waals surface area (Å²) in [6, 6.07) is 14.3. The molecular formula is C17H17N3O. The smallest absolute Gasteiger partial charge is 0.247 e. The minimum absolute atomic E-state index is 0.565. The van der Waals surface area contributed by atoms with E-state index < -0.39 is 0 Å². The van der Waals surface area contributed by atoms with Gasteiger partial charge < -0.3 is 4.42 Å². The van der Waals surface area contributed by atoms with Gasteiger partial charge in [0.15, 0.2) is 0 Å². The average molecular weight is 279 g/mol. The second kappa shape index (κ2) is 6.79. The van der Waals surface area contributed by atoms with E-state index in [4.69, 9.17) is 4.42 Å². The zero-order chi connectivity index (χ0) is 14.3. The summed E-state index contributed by atoms with van der Waals surface area (Å²) in [4.78, 5) is 3.98. The van der Waals surface area contributed by atoms with Crippen molar-refractivity contribution >= 4 is 0 Å². The van der Waals surface area contributed by atoms with Crippen LogP contribution in [0.3, 0.4) is 0 Å². The van der Waals surface area contributed by atoms with Gasteiger partial charge in [0, 0.05) is 24.4 Å². The van der Waals surface area contributed by atoms with Crippen LogP contribution in [0.4, 0.5) is 0 Å². The number of rotatable bonds is 6. The second-order valence-corrected chi connectivity index (χ2v) is 4.93. The molecule has 3 rings (SSSR count). The average Bonchev–Trinajstić information content (AvgIpc) is 3.02. The normalized spacial score (nSPS) is 10.7. The highest BCUT2D eigenvalue weighted by molar-refractivity contribution is 5.50. The molecule has 21 heavy (non-hydrogen) atoms. The van der Waals surface area contributed by atoms with Gasteiger partial charge in [-0.25, -0.2) is 0 Å². The van der Waals surface area contributed by atoms with E-state index in [-0.39, 0.29) is 0 Å². The van der Waals surface area contributed by atoms with E-state index in [1.54, 1.807) is 12.4 Å². The maximum Gasteiger partial charge on any atom is 0.247 e. The number of aromatic nitrogens is 3. The van der Waals surface area contributed by atoms with Crippen LogP contribution in [-0.4, -0.2) is 15.2 Å². The monoisotopic (exact) mass is 279 g/mol. The maximum atomic E-state index is 5.67. The van der Waals surface area contributed by atoms with Crippen molar-refractivity contribution in [2.24, 2.45) is 0 Å². The first-order chi connectivity index (χ1) is 10.4. The quantitative estimate of drug-likeness (QED) is 0.646. The van der Waals surface area contributed by atoms with Crippen LogP contribution in [-0.2, 0) is 12.8 Å². The fourth-order valence-electron chi connectivity index (χ4n) is 2.22. The Bertz CT molecular complexity index is 665. The minimum Gasteiger partial charge on any atom is -0.421 e. The van der Waals surface area contributed by atoms with Crippen LogP contribution in [0.15, 0.2) is 59.3 Å². The number of benzene rings is 1. The van der Waals surface area contributed by atoms with Crippen LogP contribution in [0, 0.1) is 0 Å². The Labute approximate surface area is 123 Å². The van der Waals surface area contributed by atoms with Crippen LogP contribution < -0.4 is 0 Å². The fourth-order valence-corrected chi connectivity index (χ4v) is 2.22. The molecule has 4 heteroatoms. The summed E-state index contributed by atoms with van der Waals surface area (Å²) >= 11 is 0. The zero-order valence-corrected chi connectivity index (χ0v) is 11.8. The Morgan fingerprint density at radius 2 is 1.57 bits per heavy atom. The van der Waals surface area contributed by atoms with Gasteiger partial charge in [0.05, 0.1) is 0 Å². The number of unbranched alkanes of at least 4 members (excludes halogenated alkanes) is 1. The number of hydrogen-bond acceptors (Lipinski definition) is 4. The van der Waals surface area contributed by atoms with Gasteiger partial charge in [-0.1, -0.05) is 30.3 Å². The van der Waals surface area contributed by atoms with Gasteiger partial charge in [-0.3, -0.25) is 4.98 Å². The Kier molecular flexibility index (Phi) is 4.36. The zero-order valence-electron chi connectivity index (χ0n) is 11.8. The fraction of sp³-hybridized carbons (Fsp3) is 0.235. The van der Waals surface area contributed by atoms with Crippen molar-refractivity contribution in [2.75, 3.05) is 0 Å². The topological polar surface area (TPSA) is 51.8 Å². The predicted octanol–water partition coefficient (Wildman–Crippen LogP) is 3.70. The lowest BCUT2D eigenvalue weighted by Gasteiger charge is -1.99. The standard InChI is InChI=1S/C17H17N3O/c1-2-6-14(7-3-1)8-4-5-9-16-19-20-17(21-16)15-10-12-18-13-11-15/h1-3,6-7,10-13H,4-5,8-9H2. The number of hydrogen-bond donors (Lipinski definition) is 0. The van der Waals surface area contributed by atoms with Gasteiger partial charge in [-0.15, -0.1) is 10.2 Å². The van der Waals surface area contributed by atoms with Gasteiger partial charge in [0.25, 0.3) is 0 Å². The highest BCUT2D eigenvalue weighted by Gasteiger charge is 2.07. The van der Waals surface area contributed by atoms with Crippen molar-refractivity contribution in [2.45, 2.75) is 25.7 Å². The van der Waals surface area contributed by atoms with Gasteiger partial charge >= 0.3 is 0 Å². The first kappa shape index (κ1) is 13.5. The molecule has 0 saturated carbocycles. The molecular weight excluding hydrogens is 262 g/mol. The highest BCUT2D eigenvalue weighted by Crippen LogP contribution is 2.17. The second-order valence-electron chi connectivity index (χ2n) is 4.93. The third-order valence-corrected chi connectivity index (χ3v) is 3.34. The van der Waals surface area contributed by atoms with Gasteiger partial charge in [0.1, 0.15) is 0 Å². The lowest BCUT2D eigenvalue weighted by Crippen LogP contribution is -1.89. The molecule has 106 valence electrons. The summed E-state index contributed by atoms with van der Waals surface area (Å²) in [5.74, 6) is 1.27. The summed E-state index contributed by atoms with van der Waals surface area (Å²) in [6.07, 6.45) is 7.53. The van der Waals surface area contributed by atoms with Gasteiger partial charge in [-0.2, -0.15) is 0 Å². The van der Waals surface area contributed by atoms with Crippen molar-refractivity contribution in [3.8, 4) is 11.5 Å². The molecule has 0 amide bonds. The molecule has 0 radical (unpaired) electrons. The Balaban J connectivity index is 1.49. The molecule has 0 fully saturated rings. The minimum atomic E-state index is 0.565. The van der Waals surface area contributed by atoms with Gasteiger partial charge in [0.2, 0.25) is 11.8 Å². The van der Waals surface area contributed by atoms with Crippen molar-refractivity contribution in [3.05, 3.63) is 66.3 Å². The summed E-state index contributed by atoms with van der Waals surface area (Å²) in [6.45, 7) is 0. The molecule has 0 atom stereocenters. The molecule has 0 spiro atoms. The van der Waals surface area contributed by atoms with Crippen LogP contribution in [0.25, 0.3) is 11.5 Å². The van der Waals surface area contributed by atoms with Crippen LogP contribution in [0.2, 0.25) is 0 Å². The molecule has 0 bridgehead atoms. The summed E-state index contributed by atoms with van der Waals surface area (Å²) < 4.78 is 5.67. The molecule has 2 heterocycles. The van der Waals surface area contributed by atoms with E-state index in [9.17, 15) is 0 Å². The third-order valence-electron chi connectivity index (χ3n) is 3.34. The molecule has 1 aromatic carbocycles. The lowest BCUT2D eigenvalue weighted by molar-refractivity contribution is 0.493. The Morgan fingerprint density at radius 3 is 2.38 bits per heavy atom. The Morgan fingerprint density at radius 1 is 0.810 bits per heavy atom. The number of aryl methyl sites for hydroxylation is 2. The van der Waals surface area contributed by atoms with Crippen molar-refractivity contribution in [1.29, 1.82) is 0 Å². The van der Waals surface area contributed by atoms with Gasteiger partial charge in [-0.05, 0) is 37.0 Å². The number of nitrogens with zero attached hydrogens (tertiary/aromatic N) is 3. The molecule has 0 aliphatic heterocycles. The van der Waals surface area contributed by atoms with Crippen LogP contribution in [0.5, 0.6) is 0 Å². The summed E-state index contributed by atoms with van der Waals surface area (Å²) in [5, 5.41) is 8.18. The van der Waals surface area contributed by atoms with Crippen molar-refractivity contribution < 1.29 is 4.42 Å². The lowest BCUT2D eigenvalue weighted by atomic mass is 10.1. The van der Waals surface area contributed by atoms with Crippen LogP contribution in [0.1, 0.15) is 24.3 Å². The van der Waals surface area contributed by atoms with E-state index in [1.165, 1.54) is 5.56 Å². The van der Waals surface area contributed by atoms with E-state index in [0.717, 1.165) is 31.2 Å². The van der Waals surface area contributed by atoms with Crippen molar-refractivity contribution in [1.82, 2.24) is 15.2 Å². The highest BCUT2D eigenvalue weighted by atomic mass is 16.4. The van der Waals surface area contributed by atoms with Crippen molar-refractivity contribution in [3.63, 3.8) is 0 Å². The number of pyridine rings is 1. The molecule has 0 N–H and O–H groups in total. The maximum absolute atomic E-state index is 5.67. The van der Waals surface area contributed by atoms with E-state index in [0.29, 0.717) is 11.8 Å². The molecule has 0 unspecified atom stereocenters. The first-order valence-corrected chi connectivity index (χ1v) is 7.18. The van der Waals surface area contributed by atoms with E-state index >= 15 is 0 Å².